The van der Waals surface area contributed by atoms with Crippen molar-refractivity contribution in [3.63, 3.8) is 0 Å². The lowest BCUT2D eigenvalue weighted by molar-refractivity contribution is 0.241. The second-order valence-electron chi connectivity index (χ2n) is 5.78. The summed E-state index contributed by atoms with van der Waals surface area (Å²) < 4.78 is 0. The van der Waals surface area contributed by atoms with Crippen molar-refractivity contribution in [2.24, 2.45) is 16.8 Å². The summed E-state index contributed by atoms with van der Waals surface area (Å²) in [6.07, 6.45) is 6.48. The number of aliphatic imine (C=N–C) groups is 1. The van der Waals surface area contributed by atoms with Crippen LogP contribution in [0.15, 0.2) is 4.99 Å². The standard InChI is InChI=1S/C15H31N3O/c1-4-13-6-8-14(9-7-13)18-15(16-5-2)17-10-12(3)11-19/h12-14,19H,4-11H2,1-3H3,(H2,16,17,18). The van der Waals surface area contributed by atoms with Crippen molar-refractivity contribution in [3.8, 4) is 0 Å². The Kier molecular flexibility index (Phi) is 7.87. The van der Waals surface area contributed by atoms with Gasteiger partial charge in [-0.15, -0.1) is 0 Å². The minimum atomic E-state index is 0.199. The monoisotopic (exact) mass is 269 g/mol. The molecule has 112 valence electrons. The summed E-state index contributed by atoms with van der Waals surface area (Å²) in [5.41, 5.74) is 0. The first kappa shape index (κ1) is 16.3. The van der Waals surface area contributed by atoms with E-state index >= 15 is 0 Å². The number of nitrogens with one attached hydrogen (secondary N) is 2. The average molecular weight is 269 g/mol. The minimum Gasteiger partial charge on any atom is -0.396 e. The van der Waals surface area contributed by atoms with Crippen molar-refractivity contribution in [1.29, 1.82) is 0 Å². The van der Waals surface area contributed by atoms with Gasteiger partial charge in [-0.05, 0) is 44.4 Å². The quantitative estimate of drug-likeness (QED) is 0.511. The van der Waals surface area contributed by atoms with Gasteiger partial charge in [0.25, 0.3) is 0 Å². The largest absolute Gasteiger partial charge is 0.396 e. The van der Waals surface area contributed by atoms with E-state index in [0.29, 0.717) is 12.6 Å². The molecule has 3 N–H and O–H groups in total. The van der Waals surface area contributed by atoms with Crippen LogP contribution in [0.5, 0.6) is 0 Å². The maximum absolute atomic E-state index is 9.05. The van der Waals surface area contributed by atoms with E-state index in [2.05, 4.69) is 29.5 Å². The Balaban J connectivity index is 2.40. The Hall–Kier alpha value is -0.770. The van der Waals surface area contributed by atoms with Gasteiger partial charge in [-0.2, -0.15) is 0 Å². The average Bonchev–Trinajstić information content (AvgIpc) is 2.45. The second-order valence-corrected chi connectivity index (χ2v) is 5.78. The second kappa shape index (κ2) is 9.18. The Labute approximate surface area is 118 Å². The van der Waals surface area contributed by atoms with Gasteiger partial charge in [0, 0.05) is 25.7 Å². The molecule has 0 aromatic heterocycles. The number of guanidine groups is 1. The van der Waals surface area contributed by atoms with Crippen LogP contribution in [0.1, 0.15) is 52.9 Å². The van der Waals surface area contributed by atoms with E-state index in [-0.39, 0.29) is 12.5 Å². The molecule has 4 heteroatoms. The molecule has 1 fully saturated rings. The summed E-state index contributed by atoms with van der Waals surface area (Å²) in [5.74, 6) is 2.06. The molecule has 0 bridgehead atoms. The van der Waals surface area contributed by atoms with Crippen molar-refractivity contribution in [2.75, 3.05) is 19.7 Å². The van der Waals surface area contributed by atoms with E-state index in [1.165, 1.54) is 32.1 Å². The zero-order chi connectivity index (χ0) is 14.1. The number of rotatable bonds is 6. The predicted octanol–water partition coefficient (Wildman–Crippen LogP) is 2.14. The zero-order valence-corrected chi connectivity index (χ0v) is 12.8. The first-order chi connectivity index (χ1) is 9.19. The van der Waals surface area contributed by atoms with Crippen molar-refractivity contribution in [1.82, 2.24) is 10.6 Å². The molecule has 0 heterocycles. The lowest BCUT2D eigenvalue weighted by atomic mass is 9.84. The summed E-state index contributed by atoms with van der Waals surface area (Å²) in [4.78, 5) is 4.55. The molecule has 0 spiro atoms. The predicted molar refractivity (Wildman–Crippen MR) is 81.4 cm³/mol. The van der Waals surface area contributed by atoms with Crippen LogP contribution in [0.2, 0.25) is 0 Å². The molecule has 1 aliphatic rings. The van der Waals surface area contributed by atoms with Gasteiger partial charge in [0.15, 0.2) is 5.96 Å². The van der Waals surface area contributed by atoms with E-state index in [1.54, 1.807) is 0 Å². The van der Waals surface area contributed by atoms with Gasteiger partial charge in [0.05, 0.1) is 0 Å². The van der Waals surface area contributed by atoms with Crippen molar-refractivity contribution in [3.05, 3.63) is 0 Å². The molecule has 19 heavy (non-hydrogen) atoms. The lowest BCUT2D eigenvalue weighted by Gasteiger charge is -2.29. The van der Waals surface area contributed by atoms with E-state index in [1.807, 2.05) is 6.92 Å². The first-order valence-corrected chi connectivity index (χ1v) is 7.85. The summed E-state index contributed by atoms with van der Waals surface area (Å²) in [6, 6.07) is 0.560. The minimum absolute atomic E-state index is 0.199. The topological polar surface area (TPSA) is 56.7 Å². The van der Waals surface area contributed by atoms with Gasteiger partial charge < -0.3 is 15.7 Å². The molecular weight excluding hydrogens is 238 g/mol. The molecule has 1 unspecified atom stereocenters. The third-order valence-electron chi connectivity index (χ3n) is 3.98. The van der Waals surface area contributed by atoms with Crippen molar-refractivity contribution in [2.45, 2.75) is 58.9 Å². The summed E-state index contributed by atoms with van der Waals surface area (Å²) >= 11 is 0. The Morgan fingerprint density at radius 2 is 1.95 bits per heavy atom. The third kappa shape index (κ3) is 6.28. The van der Waals surface area contributed by atoms with Gasteiger partial charge in [0.1, 0.15) is 0 Å². The van der Waals surface area contributed by atoms with Gasteiger partial charge >= 0.3 is 0 Å². The third-order valence-corrected chi connectivity index (χ3v) is 3.98. The fraction of sp³-hybridized carbons (Fsp3) is 0.933. The molecule has 0 amide bonds. The maximum Gasteiger partial charge on any atom is 0.191 e. The van der Waals surface area contributed by atoms with Crippen LogP contribution in [-0.2, 0) is 0 Å². The molecule has 1 atom stereocenters. The number of aliphatic hydroxyl groups is 1. The Morgan fingerprint density at radius 1 is 1.26 bits per heavy atom. The first-order valence-electron chi connectivity index (χ1n) is 7.85. The van der Waals surface area contributed by atoms with Crippen LogP contribution in [0.4, 0.5) is 0 Å². The molecule has 0 aliphatic heterocycles. The van der Waals surface area contributed by atoms with Crippen LogP contribution in [-0.4, -0.2) is 36.8 Å². The highest BCUT2D eigenvalue weighted by atomic mass is 16.3. The normalized spacial score (nSPS) is 26.0. The summed E-state index contributed by atoms with van der Waals surface area (Å²) in [5, 5.41) is 15.9. The summed E-state index contributed by atoms with van der Waals surface area (Å²) in [7, 11) is 0. The van der Waals surface area contributed by atoms with Crippen LogP contribution in [0.3, 0.4) is 0 Å². The van der Waals surface area contributed by atoms with Crippen LogP contribution in [0.25, 0.3) is 0 Å². The molecule has 0 aromatic carbocycles. The van der Waals surface area contributed by atoms with Gasteiger partial charge in [-0.1, -0.05) is 20.3 Å². The number of aliphatic hydroxyl groups excluding tert-OH is 1. The molecule has 4 nitrogen and oxygen atoms in total. The fourth-order valence-electron chi connectivity index (χ4n) is 2.53. The molecule has 0 aromatic rings. The number of hydrogen-bond donors (Lipinski definition) is 3. The number of hydrogen-bond acceptors (Lipinski definition) is 2. The van der Waals surface area contributed by atoms with Crippen LogP contribution in [0, 0.1) is 11.8 Å². The van der Waals surface area contributed by atoms with Crippen molar-refractivity contribution >= 4 is 5.96 Å². The van der Waals surface area contributed by atoms with Gasteiger partial charge in [-0.25, -0.2) is 0 Å². The molecule has 0 radical (unpaired) electrons. The van der Waals surface area contributed by atoms with Gasteiger partial charge in [0.2, 0.25) is 0 Å². The molecule has 1 saturated carbocycles. The lowest BCUT2D eigenvalue weighted by Crippen LogP contribution is -2.45. The molecule has 1 rings (SSSR count). The van der Waals surface area contributed by atoms with E-state index in [9.17, 15) is 0 Å². The SMILES string of the molecule is CCNC(=NCC(C)CO)NC1CCC(CC)CC1. The highest BCUT2D eigenvalue weighted by Crippen LogP contribution is 2.26. The fourth-order valence-corrected chi connectivity index (χ4v) is 2.53. The van der Waals surface area contributed by atoms with Crippen molar-refractivity contribution < 1.29 is 5.11 Å². The maximum atomic E-state index is 9.05. The molecular formula is C15H31N3O. The summed E-state index contributed by atoms with van der Waals surface area (Å²) in [6.45, 7) is 8.14. The molecule has 1 aliphatic carbocycles. The van der Waals surface area contributed by atoms with Gasteiger partial charge in [-0.3, -0.25) is 4.99 Å². The van der Waals surface area contributed by atoms with E-state index < -0.39 is 0 Å². The van der Waals surface area contributed by atoms with E-state index in [0.717, 1.165) is 18.4 Å². The van der Waals surface area contributed by atoms with Crippen LogP contribution >= 0.6 is 0 Å². The van der Waals surface area contributed by atoms with E-state index in [4.69, 9.17) is 5.11 Å². The highest BCUT2D eigenvalue weighted by molar-refractivity contribution is 5.80. The Morgan fingerprint density at radius 3 is 2.47 bits per heavy atom. The molecule has 0 saturated heterocycles. The zero-order valence-electron chi connectivity index (χ0n) is 12.8. The van der Waals surface area contributed by atoms with Crippen LogP contribution < -0.4 is 10.6 Å². The Bertz CT molecular complexity index is 260. The highest BCUT2D eigenvalue weighted by Gasteiger charge is 2.20. The smallest absolute Gasteiger partial charge is 0.191 e. The number of nitrogens with zero attached hydrogens (tertiary/aromatic N) is 1.